The van der Waals surface area contributed by atoms with Gasteiger partial charge in [0.15, 0.2) is 0 Å². The van der Waals surface area contributed by atoms with Gasteiger partial charge in [0.05, 0.1) is 12.1 Å². The normalized spacial score (nSPS) is 18.4. The first-order valence-corrected chi connectivity index (χ1v) is 6.05. The number of hydrogen-bond donors (Lipinski definition) is 2. The number of carbonyl (C=O) groups is 1. The Hall–Kier alpha value is -1.47. The summed E-state index contributed by atoms with van der Waals surface area (Å²) in [7, 11) is 0. The third-order valence-corrected chi connectivity index (χ3v) is 2.89. The van der Waals surface area contributed by atoms with Crippen LogP contribution in [0.4, 0.5) is 6.01 Å². The van der Waals surface area contributed by atoms with Crippen LogP contribution in [0.25, 0.3) is 0 Å². The molecule has 2 heterocycles. The van der Waals surface area contributed by atoms with E-state index in [9.17, 15) is 9.90 Å². The van der Waals surface area contributed by atoms with Gasteiger partial charge in [-0.15, -0.1) is 5.10 Å². The minimum atomic E-state index is -0.615. The van der Waals surface area contributed by atoms with E-state index in [-0.39, 0.29) is 18.5 Å². The summed E-state index contributed by atoms with van der Waals surface area (Å²) in [6.45, 7) is 5.00. The van der Waals surface area contributed by atoms with Crippen LogP contribution in [0.15, 0.2) is 4.42 Å². The number of β-amino-alcohol motifs (C(OH)–C–C–N with tert-alkyl or cyclic N) is 1. The lowest BCUT2D eigenvalue weighted by Gasteiger charge is -2.46. The zero-order valence-electron chi connectivity index (χ0n) is 10.6. The Morgan fingerprint density at radius 1 is 1.56 bits per heavy atom. The average Bonchev–Trinajstić information content (AvgIpc) is 2.61. The summed E-state index contributed by atoms with van der Waals surface area (Å²) >= 11 is 0. The minimum Gasteiger partial charge on any atom is -0.408 e. The number of nitrogens with one attached hydrogen (secondary N) is 1. The molecule has 1 fully saturated rings. The van der Waals surface area contributed by atoms with Crippen molar-refractivity contribution >= 4 is 11.9 Å². The van der Waals surface area contributed by atoms with Crippen LogP contribution in [0.1, 0.15) is 25.7 Å². The Labute approximate surface area is 105 Å². The van der Waals surface area contributed by atoms with Crippen LogP contribution in [-0.4, -0.2) is 51.3 Å². The Morgan fingerprint density at radius 3 is 2.83 bits per heavy atom. The van der Waals surface area contributed by atoms with E-state index in [1.165, 1.54) is 0 Å². The Morgan fingerprint density at radius 2 is 2.28 bits per heavy atom. The first-order valence-electron chi connectivity index (χ1n) is 6.05. The lowest BCUT2D eigenvalue weighted by atomic mass is 9.89. The number of hydrogen-bond acceptors (Lipinski definition) is 6. The Bertz CT molecular complexity index is 426. The molecule has 0 bridgehead atoms. The van der Waals surface area contributed by atoms with Crippen molar-refractivity contribution in [3.8, 4) is 0 Å². The highest BCUT2D eigenvalue weighted by Gasteiger charge is 2.40. The summed E-state index contributed by atoms with van der Waals surface area (Å²) in [5.41, 5.74) is -0.615. The third kappa shape index (κ3) is 3.05. The van der Waals surface area contributed by atoms with Gasteiger partial charge in [-0.05, 0) is 6.42 Å². The van der Waals surface area contributed by atoms with E-state index >= 15 is 0 Å². The molecule has 1 aromatic heterocycles. The zero-order chi connectivity index (χ0) is 13.2. The molecule has 0 aromatic carbocycles. The predicted octanol–water partition coefficient (Wildman–Crippen LogP) is 0.163. The van der Waals surface area contributed by atoms with Crippen LogP contribution >= 0.6 is 0 Å². The molecule has 1 aliphatic heterocycles. The number of likely N-dealkylation sites (tertiary alicyclic amines) is 1. The van der Waals surface area contributed by atoms with Gasteiger partial charge < -0.3 is 9.52 Å². The summed E-state index contributed by atoms with van der Waals surface area (Å²) in [5.74, 6) is 0.198. The minimum absolute atomic E-state index is 0.113. The maximum absolute atomic E-state index is 11.6. The van der Waals surface area contributed by atoms with Gasteiger partial charge in [-0.3, -0.25) is 15.0 Å². The molecule has 0 saturated carbocycles. The maximum atomic E-state index is 11.6. The summed E-state index contributed by atoms with van der Waals surface area (Å²) < 4.78 is 5.04. The number of rotatable bonds is 5. The zero-order valence-corrected chi connectivity index (χ0v) is 10.6. The van der Waals surface area contributed by atoms with Gasteiger partial charge in [0.2, 0.25) is 11.8 Å². The van der Waals surface area contributed by atoms with E-state index in [2.05, 4.69) is 15.5 Å². The summed E-state index contributed by atoms with van der Waals surface area (Å²) in [6, 6.07) is 0.113. The molecule has 100 valence electrons. The van der Waals surface area contributed by atoms with Gasteiger partial charge in [-0.2, -0.15) is 0 Å². The number of carbonyl (C=O) groups excluding carboxylic acids is 1. The van der Waals surface area contributed by atoms with E-state index in [4.69, 9.17) is 4.42 Å². The number of aryl methyl sites for hydroxylation is 1. The summed E-state index contributed by atoms with van der Waals surface area (Å²) in [6.07, 6.45) is 1.71. The van der Waals surface area contributed by atoms with Crippen molar-refractivity contribution < 1.29 is 14.3 Å². The van der Waals surface area contributed by atoms with Crippen LogP contribution in [-0.2, 0) is 4.79 Å². The van der Waals surface area contributed by atoms with Crippen molar-refractivity contribution in [3.05, 3.63) is 5.89 Å². The monoisotopic (exact) mass is 254 g/mol. The number of amides is 1. The largest absolute Gasteiger partial charge is 0.408 e. The van der Waals surface area contributed by atoms with Crippen molar-refractivity contribution in [1.29, 1.82) is 0 Å². The second kappa shape index (κ2) is 5.03. The fourth-order valence-corrected chi connectivity index (χ4v) is 2.23. The lowest BCUT2D eigenvalue weighted by molar-refractivity contribution is -0.129. The Balaban J connectivity index is 1.73. The molecule has 1 saturated heterocycles. The van der Waals surface area contributed by atoms with E-state index in [1.54, 1.807) is 6.92 Å². The van der Waals surface area contributed by atoms with Gasteiger partial charge in [-0.1, -0.05) is 18.4 Å². The van der Waals surface area contributed by atoms with Crippen molar-refractivity contribution in [2.45, 2.75) is 32.3 Å². The molecular formula is C11H18N4O3. The second-order valence-electron chi connectivity index (χ2n) is 4.79. The number of nitrogens with zero attached hydrogens (tertiary/aromatic N) is 3. The molecule has 0 spiro atoms. The van der Waals surface area contributed by atoms with Crippen molar-refractivity contribution in [3.63, 3.8) is 0 Å². The smallest absolute Gasteiger partial charge is 0.322 e. The number of anilines is 1. The molecule has 1 aromatic rings. The average molecular weight is 254 g/mol. The molecule has 2 N–H and O–H groups in total. The van der Waals surface area contributed by atoms with E-state index in [0.29, 0.717) is 19.0 Å². The fourth-order valence-electron chi connectivity index (χ4n) is 2.23. The third-order valence-electron chi connectivity index (χ3n) is 2.89. The van der Waals surface area contributed by atoms with Gasteiger partial charge in [0.1, 0.15) is 0 Å². The van der Waals surface area contributed by atoms with E-state index in [1.807, 2.05) is 11.8 Å². The molecule has 7 heteroatoms. The van der Waals surface area contributed by atoms with Crippen molar-refractivity contribution in [2.24, 2.45) is 0 Å². The van der Waals surface area contributed by atoms with Gasteiger partial charge in [0, 0.05) is 20.0 Å². The maximum Gasteiger partial charge on any atom is 0.322 e. The standard InChI is InChI=1S/C11H18N4O3/c1-3-4-11(17)6-15(7-11)5-9(16)12-10-14-13-8(2)18-10/h17H,3-7H2,1-2H3,(H,12,14,16). The van der Waals surface area contributed by atoms with Crippen molar-refractivity contribution in [1.82, 2.24) is 15.1 Å². The first kappa shape index (κ1) is 13.0. The van der Waals surface area contributed by atoms with Gasteiger partial charge in [-0.25, -0.2) is 0 Å². The molecular weight excluding hydrogens is 236 g/mol. The number of aromatic nitrogens is 2. The van der Waals surface area contributed by atoms with Crippen LogP contribution < -0.4 is 5.32 Å². The highest BCUT2D eigenvalue weighted by atomic mass is 16.4. The van der Waals surface area contributed by atoms with Crippen LogP contribution in [0, 0.1) is 6.92 Å². The molecule has 1 amide bonds. The van der Waals surface area contributed by atoms with Gasteiger partial charge >= 0.3 is 6.01 Å². The first-order chi connectivity index (χ1) is 8.50. The summed E-state index contributed by atoms with van der Waals surface area (Å²) in [5, 5.41) is 19.8. The van der Waals surface area contributed by atoms with E-state index < -0.39 is 5.60 Å². The van der Waals surface area contributed by atoms with Crippen molar-refractivity contribution in [2.75, 3.05) is 25.0 Å². The molecule has 0 aliphatic carbocycles. The van der Waals surface area contributed by atoms with E-state index in [0.717, 1.165) is 12.8 Å². The molecule has 7 nitrogen and oxygen atoms in total. The second-order valence-corrected chi connectivity index (χ2v) is 4.79. The summed E-state index contributed by atoms with van der Waals surface area (Å²) in [4.78, 5) is 13.5. The molecule has 2 rings (SSSR count). The molecule has 0 atom stereocenters. The SMILES string of the molecule is CCCC1(O)CN(CC(=O)Nc2nnc(C)o2)C1. The molecule has 0 unspecified atom stereocenters. The lowest BCUT2D eigenvalue weighted by Crippen LogP contribution is -2.62. The highest BCUT2D eigenvalue weighted by molar-refractivity contribution is 5.90. The topological polar surface area (TPSA) is 91.5 Å². The number of aliphatic hydroxyl groups is 1. The molecule has 0 radical (unpaired) electrons. The van der Waals surface area contributed by atoms with Crippen LogP contribution in [0.2, 0.25) is 0 Å². The van der Waals surface area contributed by atoms with Gasteiger partial charge in [0.25, 0.3) is 0 Å². The van der Waals surface area contributed by atoms with Crippen LogP contribution in [0.5, 0.6) is 0 Å². The molecule has 18 heavy (non-hydrogen) atoms. The quantitative estimate of drug-likeness (QED) is 0.778. The predicted molar refractivity (Wildman–Crippen MR) is 64.0 cm³/mol. The van der Waals surface area contributed by atoms with Crippen LogP contribution in [0.3, 0.4) is 0 Å². The Kier molecular flexibility index (Phi) is 3.63. The highest BCUT2D eigenvalue weighted by Crippen LogP contribution is 2.25. The fraction of sp³-hybridized carbons (Fsp3) is 0.727. The molecule has 1 aliphatic rings.